The van der Waals surface area contributed by atoms with E-state index in [1.165, 1.54) is 11.3 Å². The fourth-order valence-corrected chi connectivity index (χ4v) is 4.68. The molecule has 3 aromatic rings. The van der Waals surface area contributed by atoms with Crippen LogP contribution in [-0.4, -0.2) is 58.3 Å². The number of benzene rings is 1. The maximum Gasteiger partial charge on any atom is 0.295 e. The molecule has 1 aliphatic rings. The second-order valence-electron chi connectivity index (χ2n) is 7.48. The predicted octanol–water partition coefficient (Wildman–Crippen LogP) is 3.22. The monoisotopic (exact) mass is 409 g/mol. The summed E-state index contributed by atoms with van der Waals surface area (Å²) in [6, 6.07) is 10.9. The van der Waals surface area contributed by atoms with Crippen LogP contribution in [0.3, 0.4) is 0 Å². The molecule has 0 radical (unpaired) electrons. The van der Waals surface area contributed by atoms with E-state index in [9.17, 15) is 14.7 Å². The molecule has 3 heterocycles. The van der Waals surface area contributed by atoms with Crippen molar-refractivity contribution in [3.63, 3.8) is 0 Å². The van der Waals surface area contributed by atoms with Gasteiger partial charge in [-0.05, 0) is 31.6 Å². The number of Topliss-reactive ketones (excluding diaryl/α,β-unsaturated/α-hetero) is 1. The number of aryl methyl sites for hydroxylation is 1. The molecule has 1 aromatic carbocycles. The average Bonchev–Trinajstić information content (AvgIpc) is 3.39. The summed E-state index contributed by atoms with van der Waals surface area (Å²) in [6.07, 6.45) is 1.80. The third-order valence-corrected chi connectivity index (χ3v) is 6.22. The van der Waals surface area contributed by atoms with E-state index in [-0.39, 0.29) is 11.3 Å². The third kappa shape index (κ3) is 3.26. The topological polar surface area (TPSA) is 65.8 Å². The molecular formula is C22H23N3O3S. The molecule has 1 saturated heterocycles. The molecule has 29 heavy (non-hydrogen) atoms. The summed E-state index contributed by atoms with van der Waals surface area (Å²) in [5, 5.41) is 14.0. The number of hydrogen-bond donors (Lipinski definition) is 1. The van der Waals surface area contributed by atoms with Crippen molar-refractivity contribution in [1.82, 2.24) is 14.4 Å². The van der Waals surface area contributed by atoms with E-state index in [0.717, 1.165) is 15.8 Å². The lowest BCUT2D eigenvalue weighted by Crippen LogP contribution is -2.35. The van der Waals surface area contributed by atoms with Crippen LogP contribution >= 0.6 is 11.3 Å². The highest BCUT2D eigenvalue weighted by Gasteiger charge is 2.46. The third-order valence-electron chi connectivity index (χ3n) is 5.29. The van der Waals surface area contributed by atoms with Gasteiger partial charge in [-0.1, -0.05) is 24.3 Å². The van der Waals surface area contributed by atoms with E-state index in [0.29, 0.717) is 18.7 Å². The van der Waals surface area contributed by atoms with Crippen LogP contribution < -0.4 is 0 Å². The summed E-state index contributed by atoms with van der Waals surface area (Å²) in [5.74, 6) is -1.31. The number of aromatic nitrogens is 1. The SMILES string of the molecule is CN(C)CCN1C(=O)C(=O)C(=C(O)c2cn(C)c3ccccc23)C1c1cccs1. The van der Waals surface area contributed by atoms with Crippen molar-refractivity contribution < 1.29 is 14.7 Å². The molecule has 0 aliphatic carbocycles. The van der Waals surface area contributed by atoms with Crippen molar-refractivity contribution in [2.75, 3.05) is 27.2 Å². The molecule has 1 unspecified atom stereocenters. The van der Waals surface area contributed by atoms with Gasteiger partial charge in [0.25, 0.3) is 11.7 Å². The minimum atomic E-state index is -0.632. The number of nitrogens with zero attached hydrogens (tertiary/aromatic N) is 3. The normalized spacial score (nSPS) is 19.0. The zero-order valence-electron chi connectivity index (χ0n) is 16.6. The number of ketones is 1. The van der Waals surface area contributed by atoms with Crippen molar-refractivity contribution in [3.8, 4) is 0 Å². The first-order valence-corrected chi connectivity index (χ1v) is 10.3. The first-order chi connectivity index (χ1) is 13.9. The zero-order chi connectivity index (χ0) is 20.7. The minimum absolute atomic E-state index is 0.120. The standard InChI is InChI=1S/C22H23N3O3S/c1-23(2)10-11-25-19(17-9-6-12-29-17)18(21(27)22(25)28)20(26)15-13-24(3)16-8-5-4-7-14(15)16/h4-9,12-13,19,26H,10-11H2,1-3H3. The van der Waals surface area contributed by atoms with Crippen molar-refractivity contribution in [2.45, 2.75) is 6.04 Å². The number of aliphatic hydroxyl groups excluding tert-OH is 1. The number of carbonyl (C=O) groups is 2. The van der Waals surface area contributed by atoms with E-state index in [1.54, 1.807) is 11.1 Å². The molecule has 7 heteroatoms. The van der Waals surface area contributed by atoms with E-state index in [2.05, 4.69) is 0 Å². The van der Waals surface area contributed by atoms with Gasteiger partial charge in [-0.25, -0.2) is 0 Å². The molecule has 1 atom stereocenters. The number of likely N-dealkylation sites (N-methyl/N-ethyl adjacent to an activating group) is 1. The summed E-state index contributed by atoms with van der Waals surface area (Å²) in [6.45, 7) is 1.04. The van der Waals surface area contributed by atoms with Crippen LogP contribution in [0.1, 0.15) is 16.5 Å². The lowest BCUT2D eigenvalue weighted by molar-refractivity contribution is -0.140. The van der Waals surface area contributed by atoms with Gasteiger partial charge in [0.15, 0.2) is 0 Å². The summed E-state index contributed by atoms with van der Waals surface area (Å²) in [7, 11) is 5.74. The van der Waals surface area contributed by atoms with E-state index < -0.39 is 17.7 Å². The van der Waals surface area contributed by atoms with Crippen molar-refractivity contribution in [3.05, 3.63) is 64.0 Å². The first-order valence-electron chi connectivity index (χ1n) is 9.41. The first kappa shape index (κ1) is 19.4. The summed E-state index contributed by atoms with van der Waals surface area (Å²) >= 11 is 1.48. The Labute approximate surface area is 173 Å². The zero-order valence-corrected chi connectivity index (χ0v) is 17.4. The van der Waals surface area contributed by atoms with E-state index in [4.69, 9.17) is 0 Å². The molecule has 150 valence electrons. The number of carbonyl (C=O) groups excluding carboxylic acids is 2. The fourth-order valence-electron chi connectivity index (χ4n) is 3.84. The highest BCUT2D eigenvalue weighted by atomic mass is 32.1. The van der Waals surface area contributed by atoms with Crippen LogP contribution in [-0.2, 0) is 16.6 Å². The fraction of sp³-hybridized carbons (Fsp3) is 0.273. The molecule has 1 fully saturated rings. The molecule has 0 spiro atoms. The lowest BCUT2D eigenvalue weighted by atomic mass is 9.99. The van der Waals surface area contributed by atoms with Crippen LogP contribution in [0.15, 0.2) is 53.5 Å². The van der Waals surface area contributed by atoms with Gasteiger partial charge in [-0.3, -0.25) is 9.59 Å². The number of rotatable bonds is 5. The number of thiophene rings is 1. The van der Waals surface area contributed by atoms with Crippen molar-refractivity contribution in [1.29, 1.82) is 0 Å². The Morgan fingerprint density at radius 3 is 2.62 bits per heavy atom. The number of fused-ring (bicyclic) bond motifs is 1. The van der Waals surface area contributed by atoms with Crippen LogP contribution in [0.4, 0.5) is 0 Å². The average molecular weight is 410 g/mol. The van der Waals surface area contributed by atoms with Crippen LogP contribution in [0.25, 0.3) is 16.7 Å². The van der Waals surface area contributed by atoms with E-state index in [1.807, 2.05) is 72.4 Å². The van der Waals surface area contributed by atoms with Crippen LogP contribution in [0.2, 0.25) is 0 Å². The Balaban J connectivity index is 1.89. The minimum Gasteiger partial charge on any atom is -0.507 e. The van der Waals surface area contributed by atoms with Gasteiger partial charge in [-0.2, -0.15) is 0 Å². The van der Waals surface area contributed by atoms with Crippen molar-refractivity contribution >= 4 is 39.7 Å². The molecule has 1 aliphatic heterocycles. The Hall–Kier alpha value is -2.90. The molecule has 0 bridgehead atoms. The van der Waals surface area contributed by atoms with Gasteiger partial charge in [0.2, 0.25) is 0 Å². The molecule has 2 aromatic heterocycles. The predicted molar refractivity (Wildman–Crippen MR) is 115 cm³/mol. The lowest BCUT2D eigenvalue weighted by Gasteiger charge is -2.25. The number of aliphatic hydroxyl groups is 1. The summed E-state index contributed by atoms with van der Waals surface area (Å²) < 4.78 is 1.91. The van der Waals surface area contributed by atoms with Gasteiger partial charge in [0, 0.05) is 47.7 Å². The number of hydrogen-bond acceptors (Lipinski definition) is 5. The Kier molecular flexibility index (Phi) is 5.02. The second kappa shape index (κ2) is 7.50. The van der Waals surface area contributed by atoms with Gasteiger partial charge < -0.3 is 19.5 Å². The largest absolute Gasteiger partial charge is 0.507 e. The molecule has 1 N–H and O–H groups in total. The van der Waals surface area contributed by atoms with Gasteiger partial charge >= 0.3 is 0 Å². The molecule has 4 rings (SSSR count). The Morgan fingerprint density at radius 1 is 1.17 bits per heavy atom. The van der Waals surface area contributed by atoms with Crippen LogP contribution in [0.5, 0.6) is 0 Å². The number of amides is 1. The van der Waals surface area contributed by atoms with E-state index >= 15 is 0 Å². The number of para-hydroxylation sites is 1. The Morgan fingerprint density at radius 2 is 1.93 bits per heavy atom. The molecule has 6 nitrogen and oxygen atoms in total. The quantitative estimate of drug-likeness (QED) is 0.399. The van der Waals surface area contributed by atoms with Crippen LogP contribution in [0, 0.1) is 0 Å². The summed E-state index contributed by atoms with van der Waals surface area (Å²) in [5.41, 5.74) is 1.67. The molecule has 1 amide bonds. The van der Waals surface area contributed by atoms with Gasteiger partial charge in [-0.15, -0.1) is 11.3 Å². The summed E-state index contributed by atoms with van der Waals surface area (Å²) in [4.78, 5) is 30.3. The maximum atomic E-state index is 13.0. The smallest absolute Gasteiger partial charge is 0.295 e. The van der Waals surface area contributed by atoms with Crippen molar-refractivity contribution in [2.24, 2.45) is 7.05 Å². The number of likely N-dealkylation sites (tertiary alicyclic amines) is 1. The highest BCUT2D eigenvalue weighted by Crippen LogP contribution is 2.42. The van der Waals surface area contributed by atoms with Gasteiger partial charge in [0.05, 0.1) is 11.6 Å². The maximum absolute atomic E-state index is 13.0. The molecular weight excluding hydrogens is 386 g/mol. The second-order valence-corrected chi connectivity index (χ2v) is 8.46. The Bertz CT molecular complexity index is 1110. The molecule has 0 saturated carbocycles. The van der Waals surface area contributed by atoms with Gasteiger partial charge in [0.1, 0.15) is 5.76 Å². The highest BCUT2D eigenvalue weighted by molar-refractivity contribution is 7.10.